The fourth-order valence-corrected chi connectivity index (χ4v) is 5.90. The number of nitro benzene ring substituents is 1. The first-order chi connectivity index (χ1) is 19.3. The number of ether oxygens (including phenoxy) is 3. The lowest BCUT2D eigenvalue weighted by Gasteiger charge is -2.29. The van der Waals surface area contributed by atoms with E-state index in [2.05, 4.69) is 5.32 Å². The van der Waals surface area contributed by atoms with Gasteiger partial charge in [0.1, 0.15) is 5.82 Å². The maximum Gasteiger partial charge on any atom is 0.336 e. The van der Waals surface area contributed by atoms with E-state index in [0.717, 1.165) is 48.3 Å². The number of nitrogens with zero attached hydrogens (tertiary/aromatic N) is 3. The molecule has 3 aromatic rings. The summed E-state index contributed by atoms with van der Waals surface area (Å²) < 4.78 is 18.3. The number of hydrogen-bond acceptors (Lipinski definition) is 8. The van der Waals surface area contributed by atoms with Crippen LogP contribution in [-0.2, 0) is 23.0 Å². The van der Waals surface area contributed by atoms with Gasteiger partial charge in [0.2, 0.25) is 0 Å². The molecule has 0 spiro atoms. The molecule has 1 aromatic heterocycles. The summed E-state index contributed by atoms with van der Waals surface area (Å²) in [4.78, 5) is 25.0. The highest BCUT2D eigenvalue weighted by Gasteiger charge is 2.40. The van der Waals surface area contributed by atoms with Crippen molar-refractivity contribution in [1.82, 2.24) is 9.78 Å². The van der Waals surface area contributed by atoms with Crippen molar-refractivity contribution < 1.29 is 23.9 Å². The van der Waals surface area contributed by atoms with Crippen molar-refractivity contribution in [2.75, 3.05) is 26.1 Å². The molecule has 1 N–H and O–H groups in total. The monoisotopic (exact) mass is 546 g/mol. The largest absolute Gasteiger partial charge is 0.493 e. The Hall–Kier alpha value is -4.34. The number of allylic oxidation sites excluding steroid dienone is 1. The van der Waals surface area contributed by atoms with Crippen molar-refractivity contribution >= 4 is 17.5 Å². The van der Waals surface area contributed by atoms with Gasteiger partial charge in [-0.25, -0.2) is 4.79 Å². The zero-order chi connectivity index (χ0) is 28.4. The van der Waals surface area contributed by atoms with Crippen LogP contribution in [-0.4, -0.2) is 41.5 Å². The van der Waals surface area contributed by atoms with Crippen LogP contribution in [0.2, 0.25) is 0 Å². The van der Waals surface area contributed by atoms with Gasteiger partial charge >= 0.3 is 5.97 Å². The van der Waals surface area contributed by atoms with Gasteiger partial charge in [0.05, 0.1) is 37.0 Å². The molecule has 1 saturated carbocycles. The predicted molar refractivity (Wildman–Crippen MR) is 150 cm³/mol. The molecular formula is C30H34N4O6. The van der Waals surface area contributed by atoms with Crippen LogP contribution in [0.3, 0.4) is 0 Å². The van der Waals surface area contributed by atoms with Crippen LogP contribution in [0.15, 0.2) is 53.7 Å². The molecule has 1 fully saturated rings. The number of rotatable bonds is 9. The molecule has 0 bridgehead atoms. The van der Waals surface area contributed by atoms with E-state index in [1.165, 1.54) is 6.07 Å². The number of aryl methyl sites for hydroxylation is 1. The van der Waals surface area contributed by atoms with E-state index in [-0.39, 0.29) is 18.2 Å². The first kappa shape index (κ1) is 27.2. The highest BCUT2D eigenvalue weighted by Crippen LogP contribution is 2.48. The molecule has 1 atom stereocenters. The second kappa shape index (κ2) is 11.4. The van der Waals surface area contributed by atoms with Crippen LogP contribution in [0.4, 0.5) is 11.5 Å². The summed E-state index contributed by atoms with van der Waals surface area (Å²) in [5, 5.41) is 19.9. The third-order valence-electron chi connectivity index (χ3n) is 7.85. The van der Waals surface area contributed by atoms with Crippen LogP contribution in [0.5, 0.6) is 11.5 Å². The van der Waals surface area contributed by atoms with E-state index in [9.17, 15) is 14.9 Å². The first-order valence-electron chi connectivity index (χ1n) is 13.5. The van der Waals surface area contributed by atoms with Crippen molar-refractivity contribution in [2.45, 2.75) is 50.9 Å². The smallest absolute Gasteiger partial charge is 0.336 e. The molecule has 5 rings (SSSR count). The molecule has 0 saturated heterocycles. The van der Waals surface area contributed by atoms with E-state index in [1.54, 1.807) is 26.4 Å². The number of nitro groups is 1. The second-order valence-corrected chi connectivity index (χ2v) is 10.3. The summed E-state index contributed by atoms with van der Waals surface area (Å²) in [5.74, 6) is 1.30. The zero-order valence-corrected chi connectivity index (χ0v) is 23.2. The quantitative estimate of drug-likeness (QED) is 0.209. The van der Waals surface area contributed by atoms with Gasteiger partial charge in [-0.3, -0.25) is 14.8 Å². The number of anilines is 1. The average molecular weight is 547 g/mol. The lowest BCUT2D eigenvalue weighted by Crippen LogP contribution is -2.26. The topological polar surface area (TPSA) is 118 Å². The van der Waals surface area contributed by atoms with E-state index in [0.29, 0.717) is 34.8 Å². The summed E-state index contributed by atoms with van der Waals surface area (Å²) >= 11 is 0. The standard InChI is InChI=1S/C30H34N4O6/c1-18-25(30(35)40-15-14-19-12-13-23(38-3)24(16-19)39-4)26(21-10-7-11-22(17-21)34(36)37)27-28(20-8-5-6-9-20)32-33(2)29(27)31-18/h7,10-13,16-17,20,26,31H,5-6,8-9,14-15H2,1-4H3. The third kappa shape index (κ3) is 5.13. The maximum absolute atomic E-state index is 13.7. The molecule has 1 aliphatic carbocycles. The average Bonchev–Trinajstić information content (AvgIpc) is 3.60. The molecule has 10 nitrogen and oxygen atoms in total. The Labute approximate surface area is 233 Å². The Morgan fingerprint density at radius 2 is 1.88 bits per heavy atom. The zero-order valence-electron chi connectivity index (χ0n) is 23.2. The third-order valence-corrected chi connectivity index (χ3v) is 7.85. The summed E-state index contributed by atoms with van der Waals surface area (Å²) in [5.41, 5.74) is 4.49. The van der Waals surface area contributed by atoms with Crippen LogP contribution in [0.25, 0.3) is 0 Å². The van der Waals surface area contributed by atoms with Crippen molar-refractivity contribution in [3.63, 3.8) is 0 Å². The highest BCUT2D eigenvalue weighted by atomic mass is 16.6. The Morgan fingerprint density at radius 1 is 1.12 bits per heavy atom. The summed E-state index contributed by atoms with van der Waals surface area (Å²) in [6.45, 7) is 1.99. The molecule has 0 amide bonds. The van der Waals surface area contributed by atoms with Crippen molar-refractivity contribution in [1.29, 1.82) is 0 Å². The maximum atomic E-state index is 13.7. The van der Waals surface area contributed by atoms with E-state index >= 15 is 0 Å². The molecule has 0 radical (unpaired) electrons. The van der Waals surface area contributed by atoms with Crippen LogP contribution in [0, 0.1) is 10.1 Å². The summed E-state index contributed by atoms with van der Waals surface area (Å²) in [6.07, 6.45) is 4.80. The Balaban J connectivity index is 1.49. The molecule has 2 heterocycles. The molecule has 40 heavy (non-hydrogen) atoms. The van der Waals surface area contributed by atoms with Crippen molar-refractivity contribution in [3.8, 4) is 11.5 Å². The van der Waals surface area contributed by atoms with Gasteiger partial charge in [0.25, 0.3) is 5.69 Å². The Bertz CT molecular complexity index is 1470. The molecule has 2 aliphatic rings. The van der Waals surface area contributed by atoms with Gasteiger partial charge < -0.3 is 19.5 Å². The Kier molecular flexibility index (Phi) is 7.77. The molecule has 2 aromatic carbocycles. The second-order valence-electron chi connectivity index (χ2n) is 10.3. The van der Waals surface area contributed by atoms with Gasteiger partial charge in [-0.2, -0.15) is 5.10 Å². The number of carbonyl (C=O) groups excluding carboxylic acids is 1. The van der Waals surface area contributed by atoms with Crippen LogP contribution in [0.1, 0.15) is 66.8 Å². The minimum atomic E-state index is -0.547. The Morgan fingerprint density at radius 3 is 2.58 bits per heavy atom. The number of non-ortho nitro benzene ring substituents is 1. The number of aromatic nitrogens is 2. The lowest BCUT2D eigenvalue weighted by molar-refractivity contribution is -0.384. The first-order valence-corrected chi connectivity index (χ1v) is 13.5. The van der Waals surface area contributed by atoms with Gasteiger partial charge in [-0.1, -0.05) is 31.0 Å². The number of hydrogen-bond donors (Lipinski definition) is 1. The molecule has 1 unspecified atom stereocenters. The van der Waals surface area contributed by atoms with Crippen molar-refractivity contribution in [3.05, 3.63) is 86.2 Å². The van der Waals surface area contributed by atoms with Crippen LogP contribution >= 0.6 is 0 Å². The summed E-state index contributed by atoms with van der Waals surface area (Å²) in [7, 11) is 5.04. The lowest BCUT2D eigenvalue weighted by atomic mass is 9.79. The van der Waals surface area contributed by atoms with E-state index in [4.69, 9.17) is 19.3 Å². The predicted octanol–water partition coefficient (Wildman–Crippen LogP) is 5.62. The molecule has 1 aliphatic heterocycles. The fraction of sp³-hybridized carbons (Fsp3) is 0.400. The normalized spacial score (nSPS) is 16.9. The minimum absolute atomic E-state index is 0.0253. The molecule has 210 valence electrons. The number of benzene rings is 2. The van der Waals surface area contributed by atoms with E-state index < -0.39 is 16.8 Å². The molecular weight excluding hydrogens is 512 g/mol. The van der Waals surface area contributed by atoms with Gasteiger partial charge in [-0.15, -0.1) is 0 Å². The SMILES string of the molecule is COc1ccc(CCOC(=O)C2=C(C)Nc3c(c(C4CCCC4)nn3C)C2c2cccc([N+](=O)[O-])c2)cc1OC. The van der Waals surface area contributed by atoms with Crippen LogP contribution < -0.4 is 14.8 Å². The van der Waals surface area contributed by atoms with Gasteiger partial charge in [-0.05, 0) is 43.0 Å². The summed E-state index contributed by atoms with van der Waals surface area (Å²) in [6, 6.07) is 12.1. The van der Waals surface area contributed by atoms with Gasteiger partial charge in [0, 0.05) is 48.7 Å². The number of carbonyl (C=O) groups is 1. The van der Waals surface area contributed by atoms with Crippen molar-refractivity contribution in [2.24, 2.45) is 7.05 Å². The number of nitrogens with one attached hydrogen (secondary N) is 1. The minimum Gasteiger partial charge on any atom is -0.493 e. The highest BCUT2D eigenvalue weighted by molar-refractivity contribution is 5.94. The fourth-order valence-electron chi connectivity index (χ4n) is 5.90. The van der Waals surface area contributed by atoms with Gasteiger partial charge in [0.15, 0.2) is 11.5 Å². The van der Waals surface area contributed by atoms with E-state index in [1.807, 2.05) is 42.9 Å². The number of methoxy groups -OCH3 is 2. The molecule has 10 heteroatoms. The number of esters is 1. The number of fused-ring (bicyclic) bond motifs is 1.